The third-order valence-electron chi connectivity index (χ3n) is 5.11. The van der Waals surface area contributed by atoms with Gasteiger partial charge in [0.15, 0.2) is 0 Å². The van der Waals surface area contributed by atoms with Crippen LogP contribution in [-0.4, -0.2) is 51.4 Å². The van der Waals surface area contributed by atoms with Crippen LogP contribution in [0.3, 0.4) is 0 Å². The molecule has 1 saturated heterocycles. The third kappa shape index (κ3) is 4.17. The van der Waals surface area contributed by atoms with Crippen LogP contribution in [0.25, 0.3) is 16.6 Å². The number of carboxylic acids is 1. The number of hydrogen-bond acceptors (Lipinski definition) is 5. The minimum atomic E-state index is -0.957. The van der Waals surface area contributed by atoms with Crippen LogP contribution in [-0.2, 0) is 9.53 Å². The predicted molar refractivity (Wildman–Crippen MR) is 112 cm³/mol. The molecular weight excluding hydrogens is 415 g/mol. The maximum Gasteiger partial charge on any atom is 0.329 e. The first kappa shape index (κ1) is 19.9. The minimum absolute atomic E-state index is 0.224. The number of rotatable bonds is 7. The van der Waals surface area contributed by atoms with Crippen molar-refractivity contribution in [2.45, 2.75) is 25.3 Å². The van der Waals surface area contributed by atoms with Gasteiger partial charge in [0.05, 0.1) is 27.6 Å². The second-order valence-electron chi connectivity index (χ2n) is 6.95. The van der Waals surface area contributed by atoms with Crippen LogP contribution >= 0.6 is 23.2 Å². The van der Waals surface area contributed by atoms with Crippen LogP contribution in [0.5, 0.6) is 0 Å². The Kier molecular flexibility index (Phi) is 5.89. The quantitative estimate of drug-likeness (QED) is 0.561. The molecule has 152 valence electrons. The summed E-state index contributed by atoms with van der Waals surface area (Å²) in [6, 6.07) is 5.94. The number of carboxylic acid groups (broad SMARTS) is 1. The van der Waals surface area contributed by atoms with Crippen molar-refractivity contribution in [2.24, 2.45) is 0 Å². The largest absolute Gasteiger partial charge is 0.480 e. The summed E-state index contributed by atoms with van der Waals surface area (Å²) in [5, 5.41) is 10.5. The monoisotopic (exact) mass is 434 g/mol. The minimum Gasteiger partial charge on any atom is -0.480 e. The molecule has 1 N–H and O–H groups in total. The van der Waals surface area contributed by atoms with Gasteiger partial charge in [0.2, 0.25) is 0 Å². The second kappa shape index (κ2) is 8.57. The molecule has 0 amide bonds. The van der Waals surface area contributed by atoms with Crippen LogP contribution in [0.4, 0.5) is 5.82 Å². The number of carbonyl (C=O) groups is 1. The number of benzene rings is 1. The molecule has 0 aliphatic carbocycles. The lowest BCUT2D eigenvalue weighted by Gasteiger charge is -2.27. The number of imidazole rings is 1. The molecule has 9 heteroatoms. The molecule has 29 heavy (non-hydrogen) atoms. The smallest absolute Gasteiger partial charge is 0.329 e. The number of ether oxygens (including phenoxy) is 1. The van der Waals surface area contributed by atoms with Gasteiger partial charge in [-0.2, -0.15) is 0 Å². The summed E-state index contributed by atoms with van der Waals surface area (Å²) in [6.07, 6.45) is 8.11. The van der Waals surface area contributed by atoms with E-state index in [2.05, 4.69) is 9.88 Å². The van der Waals surface area contributed by atoms with Crippen molar-refractivity contribution in [3.8, 4) is 5.69 Å². The summed E-state index contributed by atoms with van der Waals surface area (Å²) < 4.78 is 7.16. The summed E-state index contributed by atoms with van der Waals surface area (Å²) in [5.41, 5.74) is 1.57. The predicted octanol–water partition coefficient (Wildman–Crippen LogP) is 4.19. The number of aromatic nitrogens is 3. The normalized spacial score (nSPS) is 16.6. The van der Waals surface area contributed by atoms with Crippen molar-refractivity contribution in [1.29, 1.82) is 0 Å². The number of fused-ring (bicyclic) bond motifs is 1. The van der Waals surface area contributed by atoms with E-state index in [1.165, 1.54) is 0 Å². The van der Waals surface area contributed by atoms with E-state index < -0.39 is 5.97 Å². The van der Waals surface area contributed by atoms with Crippen LogP contribution in [0, 0.1) is 0 Å². The van der Waals surface area contributed by atoms with Crippen molar-refractivity contribution < 1.29 is 14.6 Å². The molecule has 1 fully saturated rings. The maximum absolute atomic E-state index is 10.6. The Balaban J connectivity index is 1.69. The summed E-state index contributed by atoms with van der Waals surface area (Å²) in [6.45, 7) is 0.978. The van der Waals surface area contributed by atoms with Crippen LogP contribution < -0.4 is 4.90 Å². The van der Waals surface area contributed by atoms with Gasteiger partial charge in [0, 0.05) is 43.0 Å². The first-order chi connectivity index (χ1) is 14.0. The SMILES string of the molecule is O=C(O)COCC[C@@H]1CCCN1c1cc(-n2ccnc2)c2ccc(Cl)c(Cl)c2n1. The highest BCUT2D eigenvalue weighted by molar-refractivity contribution is 6.45. The standard InChI is InChI=1S/C20H20Cl2N4O3/c21-15-4-3-14-16(25-8-6-23-12-25)10-17(24-20(14)19(15)22)26-7-1-2-13(26)5-9-29-11-18(27)28/h3-4,6,8,10,12-13H,1-2,5,7,9,11H2,(H,27,28)/t13-/m0/s1. The molecule has 0 radical (unpaired) electrons. The summed E-state index contributed by atoms with van der Waals surface area (Å²) in [7, 11) is 0. The van der Waals surface area contributed by atoms with E-state index in [9.17, 15) is 4.79 Å². The van der Waals surface area contributed by atoms with Gasteiger partial charge in [-0.15, -0.1) is 0 Å². The summed E-state index contributed by atoms with van der Waals surface area (Å²) in [4.78, 5) is 21.9. The van der Waals surface area contributed by atoms with E-state index in [-0.39, 0.29) is 12.6 Å². The molecule has 2 aromatic heterocycles. The number of pyridine rings is 1. The number of anilines is 1. The Morgan fingerprint density at radius 1 is 1.34 bits per heavy atom. The zero-order valence-corrected chi connectivity index (χ0v) is 17.1. The fraction of sp³-hybridized carbons (Fsp3) is 0.350. The maximum atomic E-state index is 10.6. The molecule has 0 saturated carbocycles. The molecule has 1 aromatic carbocycles. The Labute approximate surface area is 177 Å². The Morgan fingerprint density at radius 2 is 2.21 bits per heavy atom. The van der Waals surface area contributed by atoms with Gasteiger partial charge in [0.25, 0.3) is 0 Å². The molecule has 3 heterocycles. The fourth-order valence-electron chi connectivity index (χ4n) is 3.78. The topological polar surface area (TPSA) is 80.5 Å². The first-order valence-electron chi connectivity index (χ1n) is 9.38. The highest BCUT2D eigenvalue weighted by atomic mass is 35.5. The number of aliphatic carboxylic acids is 1. The number of halogens is 2. The van der Waals surface area contributed by atoms with Gasteiger partial charge < -0.3 is 19.3 Å². The third-order valence-corrected chi connectivity index (χ3v) is 5.91. The van der Waals surface area contributed by atoms with Gasteiger partial charge >= 0.3 is 5.97 Å². The molecular formula is C20H20Cl2N4O3. The van der Waals surface area contributed by atoms with E-state index >= 15 is 0 Å². The van der Waals surface area contributed by atoms with Crippen molar-refractivity contribution >= 4 is 45.9 Å². The average Bonchev–Trinajstić information content (AvgIpc) is 3.39. The van der Waals surface area contributed by atoms with Gasteiger partial charge in [-0.3, -0.25) is 0 Å². The van der Waals surface area contributed by atoms with Crippen LogP contribution in [0.2, 0.25) is 10.0 Å². The molecule has 1 atom stereocenters. The van der Waals surface area contributed by atoms with Gasteiger partial charge in [-0.25, -0.2) is 14.8 Å². The number of hydrogen-bond donors (Lipinski definition) is 1. The number of nitrogens with zero attached hydrogens (tertiary/aromatic N) is 4. The van der Waals surface area contributed by atoms with E-state index in [1.54, 1.807) is 18.6 Å². The van der Waals surface area contributed by atoms with Crippen molar-refractivity contribution in [1.82, 2.24) is 14.5 Å². The zero-order valence-electron chi connectivity index (χ0n) is 15.6. The van der Waals surface area contributed by atoms with E-state index in [1.807, 2.05) is 22.9 Å². The fourth-order valence-corrected chi connectivity index (χ4v) is 4.14. The van der Waals surface area contributed by atoms with E-state index in [0.717, 1.165) is 42.7 Å². The molecule has 0 bridgehead atoms. The van der Waals surface area contributed by atoms with Crippen molar-refractivity contribution in [2.75, 3.05) is 24.7 Å². The molecule has 0 spiro atoms. The van der Waals surface area contributed by atoms with E-state index in [4.69, 9.17) is 38.0 Å². The van der Waals surface area contributed by atoms with Crippen LogP contribution in [0.15, 0.2) is 36.9 Å². The zero-order chi connectivity index (χ0) is 20.4. The molecule has 7 nitrogen and oxygen atoms in total. The lowest BCUT2D eigenvalue weighted by Crippen LogP contribution is -2.31. The molecule has 1 aliphatic heterocycles. The second-order valence-corrected chi connectivity index (χ2v) is 7.74. The molecule has 3 aromatic rings. The summed E-state index contributed by atoms with van der Waals surface area (Å²) in [5.74, 6) is -0.146. The molecule has 4 rings (SSSR count). The molecule has 1 aliphatic rings. The Morgan fingerprint density at radius 3 is 2.97 bits per heavy atom. The lowest BCUT2D eigenvalue weighted by atomic mass is 10.1. The Bertz CT molecular complexity index is 1030. The average molecular weight is 435 g/mol. The van der Waals surface area contributed by atoms with Gasteiger partial charge in [-0.1, -0.05) is 23.2 Å². The van der Waals surface area contributed by atoms with Crippen molar-refractivity contribution in [3.05, 3.63) is 47.0 Å². The lowest BCUT2D eigenvalue weighted by molar-refractivity contribution is -0.142. The summed E-state index contributed by atoms with van der Waals surface area (Å²) >= 11 is 12.7. The van der Waals surface area contributed by atoms with Gasteiger partial charge in [-0.05, 0) is 31.4 Å². The van der Waals surface area contributed by atoms with Gasteiger partial charge in [0.1, 0.15) is 12.4 Å². The highest BCUT2D eigenvalue weighted by Gasteiger charge is 2.27. The highest BCUT2D eigenvalue weighted by Crippen LogP contribution is 2.36. The van der Waals surface area contributed by atoms with Crippen molar-refractivity contribution in [3.63, 3.8) is 0 Å². The van der Waals surface area contributed by atoms with E-state index in [0.29, 0.717) is 22.2 Å². The molecule has 0 unspecified atom stereocenters. The Hall–Kier alpha value is -2.35. The van der Waals surface area contributed by atoms with Crippen LogP contribution in [0.1, 0.15) is 19.3 Å². The first-order valence-corrected chi connectivity index (χ1v) is 10.1.